The van der Waals surface area contributed by atoms with Gasteiger partial charge in [-0.2, -0.15) is 0 Å². The first kappa shape index (κ1) is 12.9. The van der Waals surface area contributed by atoms with Gasteiger partial charge < -0.3 is 0 Å². The molecule has 0 spiro atoms. The molecule has 1 aromatic heterocycles. The fourth-order valence-corrected chi connectivity index (χ4v) is 3.48. The third-order valence-corrected chi connectivity index (χ3v) is 4.37. The molecule has 0 nitrogen and oxygen atoms in total. The fraction of sp³-hybridized carbons (Fsp3) is 0.286. The zero-order valence-corrected chi connectivity index (χ0v) is 12.2. The van der Waals surface area contributed by atoms with Crippen molar-refractivity contribution in [2.75, 3.05) is 0 Å². The summed E-state index contributed by atoms with van der Waals surface area (Å²) >= 11 is 14.1. The van der Waals surface area contributed by atoms with E-state index >= 15 is 0 Å². The quantitative estimate of drug-likeness (QED) is 0.649. The highest BCUT2D eigenvalue weighted by Gasteiger charge is 2.13. The van der Waals surface area contributed by atoms with Gasteiger partial charge in [0.2, 0.25) is 0 Å². The highest BCUT2D eigenvalue weighted by Crippen LogP contribution is 2.32. The number of benzene rings is 1. The molecule has 1 unspecified atom stereocenters. The molecule has 3 heteroatoms. The monoisotopic (exact) mass is 284 g/mol. The van der Waals surface area contributed by atoms with Crippen LogP contribution in [0.5, 0.6) is 0 Å². The Balaban J connectivity index is 2.14. The van der Waals surface area contributed by atoms with Gasteiger partial charge in [0.1, 0.15) is 0 Å². The number of alkyl halides is 1. The van der Waals surface area contributed by atoms with E-state index in [2.05, 4.69) is 19.9 Å². The Hall–Kier alpha value is -0.500. The van der Waals surface area contributed by atoms with Crippen LogP contribution in [0.2, 0.25) is 5.02 Å². The van der Waals surface area contributed by atoms with Crippen LogP contribution < -0.4 is 0 Å². The van der Waals surface area contributed by atoms with E-state index in [9.17, 15) is 0 Å². The van der Waals surface area contributed by atoms with Gasteiger partial charge in [-0.3, -0.25) is 0 Å². The van der Waals surface area contributed by atoms with Crippen molar-refractivity contribution in [1.29, 1.82) is 0 Å². The van der Waals surface area contributed by atoms with E-state index < -0.39 is 0 Å². The van der Waals surface area contributed by atoms with Gasteiger partial charge in [-0.25, -0.2) is 0 Å². The van der Waals surface area contributed by atoms with Gasteiger partial charge in [0, 0.05) is 14.8 Å². The maximum Gasteiger partial charge on any atom is 0.0636 e. The summed E-state index contributed by atoms with van der Waals surface area (Å²) in [6, 6.07) is 10.1. The van der Waals surface area contributed by atoms with E-state index in [1.54, 1.807) is 11.3 Å². The molecule has 0 bridgehead atoms. The van der Waals surface area contributed by atoms with Crippen LogP contribution in [-0.4, -0.2) is 0 Å². The highest BCUT2D eigenvalue weighted by molar-refractivity contribution is 7.12. The molecule has 2 rings (SSSR count). The maximum absolute atomic E-state index is 6.47. The second-order valence-corrected chi connectivity index (χ2v) is 6.59. The minimum Gasteiger partial charge on any atom is -0.146 e. The molecule has 0 aliphatic rings. The lowest BCUT2D eigenvalue weighted by Gasteiger charge is -2.09. The Kier molecular flexibility index (Phi) is 4.13. The summed E-state index contributed by atoms with van der Waals surface area (Å²) in [5.74, 6) is 0. The Labute approximate surface area is 116 Å². The number of thiophene rings is 1. The molecule has 0 fully saturated rings. The molecule has 1 aromatic carbocycles. The van der Waals surface area contributed by atoms with Gasteiger partial charge in [-0.15, -0.1) is 22.9 Å². The van der Waals surface area contributed by atoms with Gasteiger partial charge in [0.05, 0.1) is 5.38 Å². The molecule has 1 heterocycles. The minimum absolute atomic E-state index is 0.0427. The van der Waals surface area contributed by atoms with E-state index in [0.717, 1.165) is 11.4 Å². The first-order chi connectivity index (χ1) is 8.06. The van der Waals surface area contributed by atoms with Crippen LogP contribution in [0.1, 0.15) is 26.3 Å². The van der Waals surface area contributed by atoms with E-state index in [1.165, 1.54) is 20.9 Å². The summed E-state index contributed by atoms with van der Waals surface area (Å²) in [6.07, 6.45) is 0.843. The van der Waals surface area contributed by atoms with Crippen LogP contribution in [0.15, 0.2) is 30.3 Å². The number of rotatable bonds is 3. The maximum atomic E-state index is 6.47. The first-order valence-corrected chi connectivity index (χ1v) is 7.15. The fourth-order valence-electron chi connectivity index (χ4n) is 1.90. The van der Waals surface area contributed by atoms with Crippen LogP contribution in [-0.2, 0) is 6.42 Å². The van der Waals surface area contributed by atoms with Crippen LogP contribution in [0.4, 0.5) is 0 Å². The van der Waals surface area contributed by atoms with Crippen molar-refractivity contribution in [3.63, 3.8) is 0 Å². The van der Waals surface area contributed by atoms with E-state index in [-0.39, 0.29) is 5.38 Å². The Morgan fingerprint density at radius 1 is 1.18 bits per heavy atom. The van der Waals surface area contributed by atoms with Gasteiger partial charge >= 0.3 is 0 Å². The average molecular weight is 285 g/mol. The summed E-state index contributed by atoms with van der Waals surface area (Å²) < 4.78 is 0. The molecule has 0 amide bonds. The predicted octanol–water partition coefficient (Wildman–Crippen LogP) is 5.54. The van der Waals surface area contributed by atoms with Gasteiger partial charge in [0.25, 0.3) is 0 Å². The molecule has 17 heavy (non-hydrogen) atoms. The van der Waals surface area contributed by atoms with Crippen molar-refractivity contribution in [3.05, 3.63) is 56.2 Å². The molecule has 0 aliphatic heterocycles. The zero-order chi connectivity index (χ0) is 12.4. The Morgan fingerprint density at radius 2 is 1.82 bits per heavy atom. The second kappa shape index (κ2) is 5.43. The van der Waals surface area contributed by atoms with Crippen molar-refractivity contribution < 1.29 is 0 Å². The summed E-state index contributed by atoms with van der Waals surface area (Å²) in [4.78, 5) is 2.63. The van der Waals surface area contributed by atoms with Crippen molar-refractivity contribution >= 4 is 34.5 Å². The molecule has 0 aliphatic carbocycles. The molecule has 0 saturated carbocycles. The van der Waals surface area contributed by atoms with Crippen molar-refractivity contribution in [2.45, 2.75) is 25.6 Å². The Bertz CT molecular complexity index is 499. The molecule has 0 radical (unpaired) electrons. The summed E-state index contributed by atoms with van der Waals surface area (Å²) in [6.45, 7) is 4.25. The highest BCUT2D eigenvalue weighted by atomic mass is 35.5. The van der Waals surface area contributed by atoms with E-state index in [1.807, 2.05) is 24.3 Å². The molecule has 1 atom stereocenters. The third kappa shape index (κ3) is 3.25. The SMILES string of the molecule is Cc1cc(C(Cl)Cc2ccc(Cl)cc2)c(C)s1. The van der Waals surface area contributed by atoms with Crippen molar-refractivity contribution in [3.8, 4) is 0 Å². The normalized spacial score (nSPS) is 12.7. The van der Waals surface area contributed by atoms with E-state index in [4.69, 9.17) is 23.2 Å². The van der Waals surface area contributed by atoms with Gasteiger partial charge in [0.15, 0.2) is 0 Å². The number of aryl methyl sites for hydroxylation is 2. The topological polar surface area (TPSA) is 0 Å². The number of hydrogen-bond donors (Lipinski definition) is 0. The van der Waals surface area contributed by atoms with Crippen LogP contribution in [0, 0.1) is 13.8 Å². The number of hydrogen-bond acceptors (Lipinski definition) is 1. The summed E-state index contributed by atoms with van der Waals surface area (Å²) in [5.41, 5.74) is 2.47. The molecule has 0 saturated heterocycles. The second-order valence-electron chi connectivity index (χ2n) is 4.17. The molecule has 90 valence electrons. The van der Waals surface area contributed by atoms with Crippen LogP contribution in [0.3, 0.4) is 0 Å². The Morgan fingerprint density at radius 3 is 2.35 bits per heavy atom. The lowest BCUT2D eigenvalue weighted by atomic mass is 10.0. The predicted molar refractivity (Wildman–Crippen MR) is 77.5 cm³/mol. The van der Waals surface area contributed by atoms with Gasteiger partial charge in [-0.05, 0) is 49.6 Å². The van der Waals surface area contributed by atoms with Crippen molar-refractivity contribution in [1.82, 2.24) is 0 Å². The van der Waals surface area contributed by atoms with Gasteiger partial charge in [-0.1, -0.05) is 23.7 Å². The molecule has 0 N–H and O–H groups in total. The van der Waals surface area contributed by atoms with Crippen LogP contribution in [0.25, 0.3) is 0 Å². The lowest BCUT2D eigenvalue weighted by molar-refractivity contribution is 0.917. The summed E-state index contributed by atoms with van der Waals surface area (Å²) in [5, 5.41) is 0.809. The smallest absolute Gasteiger partial charge is 0.0636 e. The lowest BCUT2D eigenvalue weighted by Crippen LogP contribution is -1.95. The van der Waals surface area contributed by atoms with Crippen LogP contribution >= 0.6 is 34.5 Å². The molecular formula is C14H14Cl2S. The standard InChI is InChI=1S/C14H14Cl2S/c1-9-7-13(10(2)17-9)14(16)8-11-3-5-12(15)6-4-11/h3-7,14H,8H2,1-2H3. The minimum atomic E-state index is 0.0427. The van der Waals surface area contributed by atoms with Crippen molar-refractivity contribution in [2.24, 2.45) is 0 Å². The third-order valence-electron chi connectivity index (χ3n) is 2.75. The molecular weight excluding hydrogens is 271 g/mol. The average Bonchev–Trinajstić information content (AvgIpc) is 2.61. The number of halogens is 2. The van der Waals surface area contributed by atoms with E-state index in [0.29, 0.717) is 0 Å². The molecule has 2 aromatic rings. The summed E-state index contributed by atoms with van der Waals surface area (Å²) in [7, 11) is 0. The zero-order valence-electron chi connectivity index (χ0n) is 9.84. The largest absolute Gasteiger partial charge is 0.146 e. The first-order valence-electron chi connectivity index (χ1n) is 5.51.